The van der Waals surface area contributed by atoms with Crippen LogP contribution in [0.2, 0.25) is 0 Å². The Morgan fingerprint density at radius 3 is 2.82 bits per heavy atom. The molecule has 3 heterocycles. The largest absolute Gasteiger partial charge is 0.345 e. The second kappa shape index (κ2) is 3.55. The lowest BCUT2D eigenvalue weighted by Gasteiger charge is -2.31. The predicted octanol–water partition coefficient (Wildman–Crippen LogP) is 1.81. The van der Waals surface area contributed by atoms with Crippen molar-refractivity contribution in [3.05, 3.63) is 35.9 Å². The zero-order chi connectivity index (χ0) is 11.3. The van der Waals surface area contributed by atoms with Crippen molar-refractivity contribution in [2.24, 2.45) is 5.92 Å². The molecule has 90 valence electrons. The summed E-state index contributed by atoms with van der Waals surface area (Å²) in [6, 6.07) is 10.3. The van der Waals surface area contributed by atoms with Gasteiger partial charge >= 0.3 is 0 Å². The Morgan fingerprint density at radius 2 is 2.12 bits per heavy atom. The van der Waals surface area contributed by atoms with Gasteiger partial charge in [-0.15, -0.1) is 0 Å². The minimum absolute atomic E-state index is 0.0151. The summed E-state index contributed by atoms with van der Waals surface area (Å²) >= 11 is 0. The quantitative estimate of drug-likeness (QED) is 0.735. The Balaban J connectivity index is 1.57. The van der Waals surface area contributed by atoms with E-state index in [1.165, 1.54) is 19.5 Å². The lowest BCUT2D eigenvalue weighted by atomic mass is 9.88. The Hall–Kier alpha value is -0.900. The van der Waals surface area contributed by atoms with Crippen LogP contribution in [0.3, 0.4) is 0 Å². The monoisotopic (exact) mass is 231 g/mol. The number of piperidine rings is 1. The standard InChI is InChI=1S/C14H17NO2/c1-2-4-11(5-3-1)13-16-10-14(17-13)9-15-7-6-12(14)8-15/h1-5,12-13H,6-10H2. The van der Waals surface area contributed by atoms with Crippen LogP contribution in [-0.4, -0.2) is 36.7 Å². The molecular weight excluding hydrogens is 214 g/mol. The van der Waals surface area contributed by atoms with Gasteiger partial charge in [0, 0.05) is 24.6 Å². The third-order valence-electron chi connectivity index (χ3n) is 4.40. The maximum absolute atomic E-state index is 6.27. The molecule has 0 N–H and O–H groups in total. The molecule has 0 radical (unpaired) electrons. The first-order valence-electron chi connectivity index (χ1n) is 6.42. The summed E-state index contributed by atoms with van der Waals surface area (Å²) in [5.74, 6) is 0.677. The molecule has 1 spiro atoms. The number of hydrogen-bond donors (Lipinski definition) is 0. The normalized spacial score (nSPS) is 43.6. The van der Waals surface area contributed by atoms with Crippen LogP contribution in [0.5, 0.6) is 0 Å². The van der Waals surface area contributed by atoms with Gasteiger partial charge in [-0.05, 0) is 13.0 Å². The van der Waals surface area contributed by atoms with Crippen molar-refractivity contribution in [3.63, 3.8) is 0 Å². The average molecular weight is 231 g/mol. The van der Waals surface area contributed by atoms with E-state index in [0.717, 1.165) is 18.7 Å². The van der Waals surface area contributed by atoms with Crippen molar-refractivity contribution in [2.45, 2.75) is 18.3 Å². The highest BCUT2D eigenvalue weighted by Crippen LogP contribution is 2.46. The summed E-state index contributed by atoms with van der Waals surface area (Å²) in [5, 5.41) is 0. The Kier molecular flexibility index (Phi) is 2.10. The van der Waals surface area contributed by atoms with E-state index in [0.29, 0.717) is 5.92 Å². The van der Waals surface area contributed by atoms with Crippen molar-refractivity contribution < 1.29 is 9.47 Å². The van der Waals surface area contributed by atoms with E-state index >= 15 is 0 Å². The molecule has 3 aliphatic heterocycles. The van der Waals surface area contributed by atoms with Gasteiger partial charge in [-0.2, -0.15) is 0 Å². The highest BCUT2D eigenvalue weighted by molar-refractivity contribution is 5.18. The molecular formula is C14H17NO2. The predicted molar refractivity (Wildman–Crippen MR) is 63.5 cm³/mol. The van der Waals surface area contributed by atoms with Gasteiger partial charge in [0.05, 0.1) is 6.61 Å². The molecule has 3 nitrogen and oxygen atoms in total. The summed E-state index contributed by atoms with van der Waals surface area (Å²) in [6.45, 7) is 4.26. The molecule has 3 heteroatoms. The third kappa shape index (κ3) is 1.46. The first-order valence-corrected chi connectivity index (χ1v) is 6.42. The van der Waals surface area contributed by atoms with Gasteiger partial charge in [0.1, 0.15) is 5.60 Å². The van der Waals surface area contributed by atoms with E-state index in [1.807, 2.05) is 18.2 Å². The summed E-state index contributed by atoms with van der Waals surface area (Å²) < 4.78 is 12.1. The van der Waals surface area contributed by atoms with Crippen molar-refractivity contribution in [2.75, 3.05) is 26.2 Å². The summed E-state index contributed by atoms with van der Waals surface area (Å²) in [5.41, 5.74) is 1.13. The molecule has 3 saturated heterocycles. The molecule has 3 aliphatic rings. The van der Waals surface area contributed by atoms with Crippen LogP contribution in [0.25, 0.3) is 0 Å². The van der Waals surface area contributed by atoms with E-state index in [4.69, 9.17) is 9.47 Å². The van der Waals surface area contributed by atoms with E-state index in [-0.39, 0.29) is 11.9 Å². The maximum atomic E-state index is 6.27. The van der Waals surface area contributed by atoms with Gasteiger partial charge in [0.2, 0.25) is 0 Å². The molecule has 2 bridgehead atoms. The van der Waals surface area contributed by atoms with E-state index < -0.39 is 0 Å². The topological polar surface area (TPSA) is 21.7 Å². The van der Waals surface area contributed by atoms with Crippen LogP contribution < -0.4 is 0 Å². The van der Waals surface area contributed by atoms with Crippen LogP contribution >= 0.6 is 0 Å². The summed E-state index contributed by atoms with van der Waals surface area (Å²) in [6.07, 6.45) is 1.11. The van der Waals surface area contributed by atoms with Gasteiger partial charge in [-0.1, -0.05) is 30.3 Å². The Labute approximate surface area is 101 Å². The number of fused-ring (bicyclic) bond motifs is 3. The second-order valence-corrected chi connectivity index (χ2v) is 5.46. The van der Waals surface area contributed by atoms with Gasteiger partial charge in [-0.3, -0.25) is 4.90 Å². The molecule has 0 amide bonds. The van der Waals surface area contributed by atoms with Crippen molar-refractivity contribution in [3.8, 4) is 0 Å². The van der Waals surface area contributed by atoms with Gasteiger partial charge in [0.25, 0.3) is 0 Å². The highest BCUT2D eigenvalue weighted by atomic mass is 16.7. The zero-order valence-electron chi connectivity index (χ0n) is 9.84. The highest BCUT2D eigenvalue weighted by Gasteiger charge is 2.55. The van der Waals surface area contributed by atoms with E-state index in [2.05, 4.69) is 17.0 Å². The second-order valence-electron chi connectivity index (χ2n) is 5.46. The number of ether oxygens (including phenoxy) is 2. The number of rotatable bonds is 1. The first-order chi connectivity index (χ1) is 8.36. The van der Waals surface area contributed by atoms with Crippen LogP contribution in [0.1, 0.15) is 18.3 Å². The molecule has 0 saturated carbocycles. The molecule has 1 aromatic carbocycles. The van der Waals surface area contributed by atoms with Crippen LogP contribution in [0, 0.1) is 5.92 Å². The van der Waals surface area contributed by atoms with Gasteiger partial charge < -0.3 is 9.47 Å². The molecule has 4 unspecified atom stereocenters. The maximum Gasteiger partial charge on any atom is 0.184 e. The minimum Gasteiger partial charge on any atom is -0.345 e. The van der Waals surface area contributed by atoms with Crippen molar-refractivity contribution in [1.82, 2.24) is 4.90 Å². The van der Waals surface area contributed by atoms with Gasteiger partial charge in [-0.25, -0.2) is 0 Å². The molecule has 0 aromatic heterocycles. The lowest BCUT2D eigenvalue weighted by molar-refractivity contribution is -0.106. The minimum atomic E-state index is -0.156. The molecule has 17 heavy (non-hydrogen) atoms. The van der Waals surface area contributed by atoms with Gasteiger partial charge in [0.15, 0.2) is 6.29 Å². The molecule has 4 atom stereocenters. The zero-order valence-corrected chi connectivity index (χ0v) is 9.84. The van der Waals surface area contributed by atoms with E-state index in [9.17, 15) is 0 Å². The lowest BCUT2D eigenvalue weighted by Crippen LogP contribution is -2.44. The summed E-state index contributed by atoms with van der Waals surface area (Å²) in [4.78, 5) is 2.50. The SMILES string of the molecule is c1ccc(C2OCC3(CN4CCC3C4)O2)cc1. The Bertz CT molecular complexity index is 421. The molecule has 1 aromatic rings. The number of hydrogen-bond acceptors (Lipinski definition) is 3. The number of nitrogens with zero attached hydrogens (tertiary/aromatic N) is 1. The fourth-order valence-corrected chi connectivity index (χ4v) is 3.48. The smallest absolute Gasteiger partial charge is 0.184 e. The molecule has 0 aliphatic carbocycles. The average Bonchev–Trinajstić information content (AvgIpc) is 3.06. The molecule has 4 rings (SSSR count). The van der Waals surface area contributed by atoms with Crippen molar-refractivity contribution >= 4 is 0 Å². The van der Waals surface area contributed by atoms with Crippen LogP contribution in [-0.2, 0) is 9.47 Å². The van der Waals surface area contributed by atoms with Crippen LogP contribution in [0.15, 0.2) is 30.3 Å². The Morgan fingerprint density at radius 1 is 1.24 bits per heavy atom. The van der Waals surface area contributed by atoms with Crippen LogP contribution in [0.4, 0.5) is 0 Å². The fraction of sp³-hybridized carbons (Fsp3) is 0.571. The third-order valence-corrected chi connectivity index (χ3v) is 4.40. The molecule has 3 fully saturated rings. The fourth-order valence-electron chi connectivity index (χ4n) is 3.48. The van der Waals surface area contributed by atoms with E-state index in [1.54, 1.807) is 0 Å². The summed E-state index contributed by atoms with van der Waals surface area (Å²) in [7, 11) is 0. The van der Waals surface area contributed by atoms with Crippen molar-refractivity contribution in [1.29, 1.82) is 0 Å². The first kappa shape index (κ1) is 10.1. The number of benzene rings is 1.